The molecule has 194 valence electrons. The van der Waals surface area contributed by atoms with Gasteiger partial charge in [0, 0.05) is 13.0 Å². The number of carbonyl (C=O) groups excluding carboxylic acids is 2. The van der Waals surface area contributed by atoms with Crippen LogP contribution in [0, 0.1) is 28.6 Å². The van der Waals surface area contributed by atoms with Crippen LogP contribution in [0.25, 0.3) is 0 Å². The van der Waals surface area contributed by atoms with Gasteiger partial charge in [0.25, 0.3) is 5.91 Å². The van der Waals surface area contributed by atoms with Gasteiger partial charge in [-0.15, -0.1) is 0 Å². The largest absolute Gasteiger partial charge is 0.467 e. The number of amides is 1. The molecule has 0 radical (unpaired) electrons. The Labute approximate surface area is 207 Å². The van der Waals surface area contributed by atoms with Gasteiger partial charge < -0.3 is 24.7 Å². The Hall–Kier alpha value is -1.93. The molecule has 0 bridgehead atoms. The number of hydrogen-bond donors (Lipinski definition) is 2. The minimum absolute atomic E-state index is 0.0959. The van der Waals surface area contributed by atoms with Crippen molar-refractivity contribution in [3.63, 3.8) is 0 Å². The van der Waals surface area contributed by atoms with E-state index in [9.17, 15) is 19.8 Å². The van der Waals surface area contributed by atoms with Crippen molar-refractivity contribution in [1.29, 1.82) is 0 Å². The third kappa shape index (κ3) is 4.10. The van der Waals surface area contributed by atoms with Crippen LogP contribution in [-0.2, 0) is 19.2 Å². The van der Waals surface area contributed by atoms with Crippen molar-refractivity contribution in [2.45, 2.75) is 89.9 Å². The predicted octanol–water partition coefficient (Wildman–Crippen LogP) is 2.82. The number of carbonyl (C=O) groups is 2. The molecule has 8 heteroatoms. The van der Waals surface area contributed by atoms with Gasteiger partial charge in [0.15, 0.2) is 6.61 Å². The van der Waals surface area contributed by atoms with Gasteiger partial charge in [0.2, 0.25) is 0 Å². The second kappa shape index (κ2) is 9.18. The molecule has 0 unspecified atom stereocenters. The van der Waals surface area contributed by atoms with E-state index in [0.717, 1.165) is 44.2 Å². The third-order valence-electron chi connectivity index (χ3n) is 10.4. The topological polar surface area (TPSA) is 109 Å². The number of methoxy groups -OCH3 is 1. The van der Waals surface area contributed by atoms with Crippen molar-refractivity contribution in [3.05, 3.63) is 11.6 Å². The fraction of sp³-hybridized carbons (Fsp3) is 0.815. The van der Waals surface area contributed by atoms with E-state index in [2.05, 4.69) is 25.1 Å². The van der Waals surface area contributed by atoms with E-state index in [0.29, 0.717) is 17.8 Å². The first kappa shape index (κ1) is 24.8. The fourth-order valence-electron chi connectivity index (χ4n) is 8.32. The van der Waals surface area contributed by atoms with Crippen molar-refractivity contribution < 1.29 is 29.4 Å². The summed E-state index contributed by atoms with van der Waals surface area (Å²) in [6.45, 7) is 4.58. The monoisotopic (exact) mass is 488 g/mol. The van der Waals surface area contributed by atoms with Crippen LogP contribution < -0.4 is 0 Å². The maximum atomic E-state index is 12.6. The maximum absolute atomic E-state index is 12.6. The molecule has 4 aliphatic carbocycles. The fourth-order valence-corrected chi connectivity index (χ4v) is 8.32. The van der Waals surface area contributed by atoms with Crippen LogP contribution in [0.1, 0.15) is 71.6 Å². The molecule has 0 aromatic rings. The molecule has 4 fully saturated rings. The number of nitrogens with zero attached hydrogens (tertiary/aromatic N) is 2. The highest BCUT2D eigenvalue weighted by molar-refractivity contribution is 5.96. The van der Waals surface area contributed by atoms with Crippen LogP contribution in [0.4, 0.5) is 0 Å². The number of rotatable bonds is 4. The lowest BCUT2D eigenvalue weighted by atomic mass is 9.47. The molecule has 1 heterocycles. The van der Waals surface area contributed by atoms with Crippen LogP contribution in [0.2, 0.25) is 0 Å². The van der Waals surface area contributed by atoms with Crippen molar-refractivity contribution in [3.8, 4) is 0 Å². The van der Waals surface area contributed by atoms with E-state index in [1.54, 1.807) is 0 Å². The number of esters is 1. The van der Waals surface area contributed by atoms with E-state index in [4.69, 9.17) is 9.57 Å². The van der Waals surface area contributed by atoms with Crippen molar-refractivity contribution >= 4 is 17.6 Å². The van der Waals surface area contributed by atoms with Gasteiger partial charge in [-0.3, -0.25) is 4.79 Å². The highest BCUT2D eigenvalue weighted by atomic mass is 16.6. The molecular weight excluding hydrogens is 448 g/mol. The first-order chi connectivity index (χ1) is 16.7. The predicted molar refractivity (Wildman–Crippen MR) is 129 cm³/mol. The molecule has 35 heavy (non-hydrogen) atoms. The highest BCUT2D eigenvalue weighted by Crippen LogP contribution is 2.65. The lowest BCUT2D eigenvalue weighted by molar-refractivity contribution is -0.152. The first-order valence-electron chi connectivity index (χ1n) is 13.3. The average Bonchev–Trinajstić information content (AvgIpc) is 3.38. The van der Waals surface area contributed by atoms with Gasteiger partial charge in [-0.1, -0.05) is 24.6 Å². The zero-order valence-electron chi connectivity index (χ0n) is 21.2. The van der Waals surface area contributed by atoms with Crippen molar-refractivity contribution in [1.82, 2.24) is 4.90 Å². The molecule has 3 saturated carbocycles. The number of oxime groups is 1. The Kier molecular flexibility index (Phi) is 6.49. The summed E-state index contributed by atoms with van der Waals surface area (Å²) >= 11 is 0. The molecule has 0 aromatic heterocycles. The summed E-state index contributed by atoms with van der Waals surface area (Å²) in [5.74, 6) is 1.09. The minimum atomic E-state index is -0.773. The summed E-state index contributed by atoms with van der Waals surface area (Å²) in [5, 5.41) is 24.8. The summed E-state index contributed by atoms with van der Waals surface area (Å²) in [7, 11) is 1.28. The molecule has 0 aromatic carbocycles. The van der Waals surface area contributed by atoms with E-state index < -0.39 is 18.1 Å². The normalized spacial score (nSPS) is 43.7. The number of aliphatic hydroxyl groups excluding tert-OH is 2. The Morgan fingerprint density at radius 1 is 1.11 bits per heavy atom. The van der Waals surface area contributed by atoms with E-state index in [-0.39, 0.29) is 42.4 Å². The number of aliphatic hydroxyl groups is 2. The zero-order chi connectivity index (χ0) is 25.0. The van der Waals surface area contributed by atoms with Gasteiger partial charge in [0.1, 0.15) is 6.04 Å². The summed E-state index contributed by atoms with van der Waals surface area (Å²) in [6.07, 6.45) is 9.99. The van der Waals surface area contributed by atoms with Crippen LogP contribution in [0.15, 0.2) is 16.8 Å². The molecule has 5 aliphatic rings. The molecule has 1 aliphatic heterocycles. The molecule has 2 N–H and O–H groups in total. The standard InChI is InChI=1S/C27H40N2O6/c1-26-10-8-17(28-35-15-24(32)29-14-18(30)13-22(29)25(33)34-3)12-16(26)4-5-19-20-6-7-23(31)27(20,2)11-9-21(19)26/h12,18-23,30-31H,4-11,13-15H2,1-3H3/b28-17+/t18-,19-,20-,21-,22-,23-,26-,27-/m0/s1. The van der Waals surface area contributed by atoms with Gasteiger partial charge in [0.05, 0.1) is 25.0 Å². The number of allylic oxidation sites excluding steroid dienone is 2. The average molecular weight is 489 g/mol. The van der Waals surface area contributed by atoms with Crippen LogP contribution in [0.3, 0.4) is 0 Å². The summed E-state index contributed by atoms with van der Waals surface area (Å²) in [5.41, 5.74) is 2.59. The lowest BCUT2D eigenvalue weighted by Crippen LogP contribution is -2.51. The molecular formula is C27H40N2O6. The van der Waals surface area contributed by atoms with E-state index >= 15 is 0 Å². The molecule has 0 spiro atoms. The van der Waals surface area contributed by atoms with Crippen LogP contribution >= 0.6 is 0 Å². The Balaban J connectivity index is 1.23. The quantitative estimate of drug-likeness (QED) is 0.465. The Bertz CT molecular complexity index is 933. The number of β-amino-alcohol motifs (C(OH)–C–C–N with tert-alkyl or cyclic N) is 1. The van der Waals surface area contributed by atoms with Gasteiger partial charge >= 0.3 is 5.97 Å². The smallest absolute Gasteiger partial charge is 0.328 e. The Morgan fingerprint density at radius 2 is 1.91 bits per heavy atom. The molecule has 8 nitrogen and oxygen atoms in total. The molecule has 8 atom stereocenters. The second-order valence-corrected chi connectivity index (χ2v) is 12.0. The molecule has 1 saturated heterocycles. The SMILES string of the molecule is COC(=O)[C@@H]1C[C@H](O)CN1C(=O)CO/N=C1/C=C2CC[C@H]3[C@@H]4CC[C@H](O)[C@@]4(C)CC[C@@H]3[C@@]2(C)CC1. The van der Waals surface area contributed by atoms with E-state index in [1.165, 1.54) is 30.4 Å². The summed E-state index contributed by atoms with van der Waals surface area (Å²) < 4.78 is 4.76. The van der Waals surface area contributed by atoms with Crippen LogP contribution in [-0.4, -0.2) is 71.2 Å². The van der Waals surface area contributed by atoms with Crippen molar-refractivity contribution in [2.75, 3.05) is 20.3 Å². The molecule has 5 rings (SSSR count). The summed E-state index contributed by atoms with van der Waals surface area (Å²) in [6, 6.07) is -0.773. The number of ether oxygens (including phenoxy) is 1. The maximum Gasteiger partial charge on any atom is 0.328 e. The highest BCUT2D eigenvalue weighted by Gasteiger charge is 2.58. The van der Waals surface area contributed by atoms with Gasteiger partial charge in [-0.2, -0.15) is 0 Å². The van der Waals surface area contributed by atoms with Crippen LogP contribution in [0.5, 0.6) is 0 Å². The minimum Gasteiger partial charge on any atom is -0.467 e. The second-order valence-electron chi connectivity index (χ2n) is 12.0. The first-order valence-corrected chi connectivity index (χ1v) is 13.3. The lowest BCUT2D eigenvalue weighted by Gasteiger charge is -2.57. The zero-order valence-corrected chi connectivity index (χ0v) is 21.2. The van der Waals surface area contributed by atoms with E-state index in [1.807, 2.05) is 0 Å². The molecule has 1 amide bonds. The Morgan fingerprint density at radius 3 is 2.69 bits per heavy atom. The number of likely N-dealkylation sites (tertiary alicyclic amines) is 1. The van der Waals surface area contributed by atoms with Crippen molar-refractivity contribution in [2.24, 2.45) is 33.7 Å². The van der Waals surface area contributed by atoms with Gasteiger partial charge in [-0.25, -0.2) is 4.79 Å². The summed E-state index contributed by atoms with van der Waals surface area (Å²) in [4.78, 5) is 31.3. The van der Waals surface area contributed by atoms with Gasteiger partial charge in [-0.05, 0) is 86.0 Å². The number of hydrogen-bond acceptors (Lipinski definition) is 7. The number of fused-ring (bicyclic) bond motifs is 5. The third-order valence-corrected chi connectivity index (χ3v) is 10.4.